The molecule has 2 aromatic rings. The zero-order chi connectivity index (χ0) is 17.1. The lowest BCUT2D eigenvalue weighted by molar-refractivity contribution is -0.210. The zero-order valence-corrected chi connectivity index (χ0v) is 13.2. The molecular weight excluding hydrogens is 314 g/mol. The molecule has 2 aliphatic rings. The van der Waals surface area contributed by atoms with Crippen LogP contribution in [0.4, 0.5) is 5.82 Å². The molecule has 0 bridgehead atoms. The number of nitrogens with zero attached hydrogens (tertiary/aromatic N) is 4. The Balaban J connectivity index is 1.88. The van der Waals surface area contributed by atoms with E-state index in [-0.39, 0.29) is 12.4 Å². The number of aliphatic hydroxyl groups excluding tert-OH is 1. The highest BCUT2D eigenvalue weighted by atomic mass is 16.8. The highest BCUT2D eigenvalue weighted by molar-refractivity contribution is 5.81. The highest BCUT2D eigenvalue weighted by Crippen LogP contribution is 2.51. The second-order valence-corrected chi connectivity index (χ2v) is 6.27. The van der Waals surface area contributed by atoms with Gasteiger partial charge in [-0.1, -0.05) is 5.92 Å². The van der Waals surface area contributed by atoms with Crippen molar-refractivity contribution in [3.63, 3.8) is 0 Å². The molecule has 2 fully saturated rings. The standard InChI is InChI=1S/C15H17N5O4/c1-4-15-10(23-14(2,3)24-15)8(5-21)22-13(15)20-7-19-9-11(16)17-6-18-12(9)20/h1,6-8,10,13,21H,5H2,2-3H3,(H2,16,17,18)/t8-,10-,13-,15-/m1/s1. The monoisotopic (exact) mass is 331 g/mol. The van der Waals surface area contributed by atoms with Crippen molar-refractivity contribution in [2.24, 2.45) is 0 Å². The first-order valence-corrected chi connectivity index (χ1v) is 7.47. The van der Waals surface area contributed by atoms with Gasteiger partial charge in [-0.25, -0.2) is 15.0 Å². The van der Waals surface area contributed by atoms with Crippen molar-refractivity contribution in [1.82, 2.24) is 19.5 Å². The summed E-state index contributed by atoms with van der Waals surface area (Å²) in [7, 11) is 0. The molecule has 2 aromatic heterocycles. The third-order valence-corrected chi connectivity index (χ3v) is 4.30. The van der Waals surface area contributed by atoms with Crippen LogP contribution in [0, 0.1) is 12.3 Å². The van der Waals surface area contributed by atoms with Crippen molar-refractivity contribution in [2.45, 2.75) is 43.7 Å². The third-order valence-electron chi connectivity index (χ3n) is 4.30. The molecule has 4 atom stereocenters. The van der Waals surface area contributed by atoms with Crippen LogP contribution in [0.5, 0.6) is 0 Å². The molecule has 0 spiro atoms. The maximum absolute atomic E-state index is 9.67. The van der Waals surface area contributed by atoms with E-state index in [1.807, 2.05) is 0 Å². The quantitative estimate of drug-likeness (QED) is 0.728. The predicted octanol–water partition coefficient (Wildman–Crippen LogP) is -0.178. The fourth-order valence-electron chi connectivity index (χ4n) is 3.40. The molecule has 24 heavy (non-hydrogen) atoms. The van der Waals surface area contributed by atoms with Gasteiger partial charge in [0.25, 0.3) is 0 Å². The topological polar surface area (TPSA) is 118 Å². The van der Waals surface area contributed by atoms with Gasteiger partial charge in [0.1, 0.15) is 24.1 Å². The molecule has 4 rings (SSSR count). The summed E-state index contributed by atoms with van der Waals surface area (Å²) in [6.07, 6.45) is 6.64. The first-order valence-electron chi connectivity index (χ1n) is 7.47. The van der Waals surface area contributed by atoms with Crippen LogP contribution < -0.4 is 5.73 Å². The molecule has 4 heterocycles. The van der Waals surface area contributed by atoms with Crippen LogP contribution in [0.3, 0.4) is 0 Å². The Kier molecular flexibility index (Phi) is 3.10. The Morgan fingerprint density at radius 1 is 1.42 bits per heavy atom. The number of nitrogens with two attached hydrogens (primary N) is 1. The minimum Gasteiger partial charge on any atom is -0.394 e. The summed E-state index contributed by atoms with van der Waals surface area (Å²) >= 11 is 0. The molecule has 0 radical (unpaired) electrons. The third kappa shape index (κ3) is 1.88. The van der Waals surface area contributed by atoms with E-state index in [0.717, 1.165) is 0 Å². The molecule has 0 unspecified atom stereocenters. The molecule has 3 N–H and O–H groups in total. The lowest BCUT2D eigenvalue weighted by atomic mass is 9.95. The van der Waals surface area contributed by atoms with Gasteiger partial charge in [-0.3, -0.25) is 4.57 Å². The van der Waals surface area contributed by atoms with Crippen molar-refractivity contribution in [2.75, 3.05) is 12.3 Å². The molecular formula is C15H17N5O4. The van der Waals surface area contributed by atoms with E-state index >= 15 is 0 Å². The van der Waals surface area contributed by atoms with E-state index < -0.39 is 29.8 Å². The van der Waals surface area contributed by atoms with Gasteiger partial charge < -0.3 is 25.1 Å². The fraction of sp³-hybridized carbons (Fsp3) is 0.533. The molecule has 2 saturated heterocycles. The number of fused-ring (bicyclic) bond motifs is 2. The maximum Gasteiger partial charge on any atom is 0.205 e. The zero-order valence-electron chi connectivity index (χ0n) is 13.2. The van der Waals surface area contributed by atoms with Gasteiger partial charge in [-0.2, -0.15) is 0 Å². The molecule has 0 amide bonds. The van der Waals surface area contributed by atoms with Crippen molar-refractivity contribution in [1.29, 1.82) is 0 Å². The number of nitrogen functional groups attached to an aromatic ring is 1. The highest BCUT2D eigenvalue weighted by Gasteiger charge is 2.66. The van der Waals surface area contributed by atoms with E-state index in [9.17, 15) is 5.11 Å². The second-order valence-electron chi connectivity index (χ2n) is 6.27. The average molecular weight is 331 g/mol. The molecule has 126 valence electrons. The minimum atomic E-state index is -1.22. The van der Waals surface area contributed by atoms with E-state index in [2.05, 4.69) is 20.9 Å². The number of rotatable bonds is 2. The summed E-state index contributed by atoms with van der Waals surface area (Å²) in [5, 5.41) is 9.67. The van der Waals surface area contributed by atoms with Crippen molar-refractivity contribution >= 4 is 17.0 Å². The van der Waals surface area contributed by atoms with Crippen LogP contribution in [-0.2, 0) is 14.2 Å². The summed E-state index contributed by atoms with van der Waals surface area (Å²) in [4.78, 5) is 12.4. The summed E-state index contributed by atoms with van der Waals surface area (Å²) in [6, 6.07) is 0. The predicted molar refractivity (Wildman–Crippen MR) is 82.3 cm³/mol. The van der Waals surface area contributed by atoms with Crippen LogP contribution in [0.25, 0.3) is 11.2 Å². The fourth-order valence-corrected chi connectivity index (χ4v) is 3.40. The van der Waals surface area contributed by atoms with Gasteiger partial charge in [0.15, 0.2) is 23.5 Å². The van der Waals surface area contributed by atoms with E-state index in [0.29, 0.717) is 11.2 Å². The number of aromatic nitrogens is 4. The number of anilines is 1. The Hall–Kier alpha value is -2.25. The Morgan fingerprint density at radius 2 is 2.21 bits per heavy atom. The smallest absolute Gasteiger partial charge is 0.205 e. The second kappa shape index (κ2) is 4.87. The lowest BCUT2D eigenvalue weighted by Crippen LogP contribution is -2.43. The number of terminal acetylenes is 1. The molecule has 0 aliphatic carbocycles. The number of imidazole rings is 1. The maximum atomic E-state index is 9.67. The van der Waals surface area contributed by atoms with Crippen LogP contribution in [0.1, 0.15) is 20.1 Å². The van der Waals surface area contributed by atoms with Gasteiger partial charge in [0.2, 0.25) is 5.60 Å². The first-order chi connectivity index (χ1) is 11.4. The van der Waals surface area contributed by atoms with Gasteiger partial charge in [0.05, 0.1) is 12.9 Å². The van der Waals surface area contributed by atoms with Crippen LogP contribution >= 0.6 is 0 Å². The van der Waals surface area contributed by atoms with Crippen LogP contribution in [0.2, 0.25) is 0 Å². The SMILES string of the molecule is C#C[C@@]12OC(C)(C)O[C@@H]1[C@@H](CO)O[C@H]2n1cnc2c(N)ncnc21. The largest absolute Gasteiger partial charge is 0.394 e. The van der Waals surface area contributed by atoms with Gasteiger partial charge in [-0.15, -0.1) is 6.42 Å². The van der Waals surface area contributed by atoms with Crippen molar-refractivity contribution in [3.8, 4) is 12.3 Å². The summed E-state index contributed by atoms with van der Waals surface area (Å²) in [5.74, 6) is 2.02. The van der Waals surface area contributed by atoms with E-state index in [1.165, 1.54) is 12.7 Å². The molecule has 9 nitrogen and oxygen atoms in total. The number of aliphatic hydroxyl groups is 1. The number of hydrogen-bond acceptors (Lipinski definition) is 8. The minimum absolute atomic E-state index is 0.255. The van der Waals surface area contributed by atoms with Crippen molar-refractivity contribution < 1.29 is 19.3 Å². The van der Waals surface area contributed by atoms with Crippen molar-refractivity contribution in [3.05, 3.63) is 12.7 Å². The molecule has 0 saturated carbocycles. The Labute approximate surface area is 137 Å². The lowest BCUT2D eigenvalue weighted by Gasteiger charge is -2.29. The van der Waals surface area contributed by atoms with Crippen LogP contribution in [-0.4, -0.2) is 54.8 Å². The molecule has 0 aromatic carbocycles. The van der Waals surface area contributed by atoms with Crippen LogP contribution in [0.15, 0.2) is 12.7 Å². The summed E-state index contributed by atoms with van der Waals surface area (Å²) < 4.78 is 19.5. The first kappa shape index (κ1) is 15.3. The van der Waals surface area contributed by atoms with E-state index in [1.54, 1.807) is 18.4 Å². The normalized spacial score (nSPS) is 34.3. The van der Waals surface area contributed by atoms with Gasteiger partial charge in [-0.05, 0) is 13.8 Å². The van der Waals surface area contributed by atoms with Gasteiger partial charge in [0, 0.05) is 0 Å². The summed E-state index contributed by atoms with van der Waals surface area (Å²) in [5.41, 5.74) is 5.52. The number of ether oxygens (including phenoxy) is 3. The number of hydrogen-bond donors (Lipinski definition) is 2. The van der Waals surface area contributed by atoms with E-state index in [4.69, 9.17) is 26.4 Å². The van der Waals surface area contributed by atoms with Gasteiger partial charge >= 0.3 is 0 Å². The molecule has 2 aliphatic heterocycles. The summed E-state index contributed by atoms with van der Waals surface area (Å²) in [6.45, 7) is 3.28. The Bertz CT molecular complexity index is 844. The Morgan fingerprint density at radius 3 is 2.92 bits per heavy atom. The molecule has 9 heteroatoms. The average Bonchev–Trinajstić information content (AvgIpc) is 3.16.